The summed E-state index contributed by atoms with van der Waals surface area (Å²) < 4.78 is 13.4. The average molecular weight is 265 g/mol. The first-order chi connectivity index (χ1) is 9.20. The zero-order valence-electron chi connectivity index (χ0n) is 10.9. The Labute approximate surface area is 112 Å². The van der Waals surface area contributed by atoms with E-state index in [1.54, 1.807) is 23.1 Å². The van der Waals surface area contributed by atoms with Gasteiger partial charge in [-0.05, 0) is 43.9 Å². The maximum absolute atomic E-state index is 13.4. The van der Waals surface area contributed by atoms with Crippen LogP contribution in [0.5, 0.6) is 0 Å². The number of nitrogens with zero attached hydrogens (tertiary/aromatic N) is 1. The van der Waals surface area contributed by atoms with Crippen molar-refractivity contribution in [2.24, 2.45) is 11.7 Å². The van der Waals surface area contributed by atoms with Crippen LogP contribution in [0.2, 0.25) is 0 Å². The number of carbonyl (C=O) groups excluding carboxylic acids is 1. The molecular formula is C14H20FN3O. The molecule has 2 rings (SSSR count). The highest BCUT2D eigenvalue weighted by atomic mass is 19.1. The molecule has 1 heterocycles. The number of piperidine rings is 1. The maximum Gasteiger partial charge on any atom is 0.321 e. The summed E-state index contributed by atoms with van der Waals surface area (Å²) in [5.41, 5.74) is 5.77. The lowest BCUT2D eigenvalue weighted by molar-refractivity contribution is 0.180. The van der Waals surface area contributed by atoms with Crippen LogP contribution in [0.4, 0.5) is 14.9 Å². The molecule has 19 heavy (non-hydrogen) atoms. The van der Waals surface area contributed by atoms with E-state index in [9.17, 15) is 9.18 Å². The molecule has 1 fully saturated rings. The van der Waals surface area contributed by atoms with Crippen molar-refractivity contribution in [2.75, 3.05) is 25.0 Å². The number of carbonyl (C=O) groups is 1. The highest BCUT2D eigenvalue weighted by Crippen LogP contribution is 2.21. The predicted octanol–water partition coefficient (Wildman–Crippen LogP) is 2.42. The van der Waals surface area contributed by atoms with E-state index in [1.165, 1.54) is 6.07 Å². The quantitative estimate of drug-likeness (QED) is 0.881. The molecule has 4 nitrogen and oxygen atoms in total. The second kappa shape index (κ2) is 6.52. The average Bonchev–Trinajstić information content (AvgIpc) is 2.42. The van der Waals surface area contributed by atoms with Gasteiger partial charge in [0.25, 0.3) is 0 Å². The van der Waals surface area contributed by atoms with Crippen LogP contribution in [0, 0.1) is 11.7 Å². The number of nitrogens with one attached hydrogen (secondary N) is 1. The maximum atomic E-state index is 13.4. The Kier molecular flexibility index (Phi) is 4.74. The molecule has 0 aliphatic carbocycles. The standard InChI is InChI=1S/C14H20FN3O/c15-12-3-1-2-4-13(12)17-14(19)18-9-6-11(5-8-16)7-10-18/h1-4,11H,5-10,16H2,(H,17,19). The lowest BCUT2D eigenvalue weighted by atomic mass is 9.94. The minimum absolute atomic E-state index is 0.226. The van der Waals surface area contributed by atoms with Crippen molar-refractivity contribution in [1.82, 2.24) is 4.90 Å². The molecule has 0 atom stereocenters. The molecule has 0 bridgehead atoms. The van der Waals surface area contributed by atoms with E-state index in [4.69, 9.17) is 5.73 Å². The van der Waals surface area contributed by atoms with Gasteiger partial charge in [-0.25, -0.2) is 9.18 Å². The van der Waals surface area contributed by atoms with E-state index in [0.717, 1.165) is 19.3 Å². The first-order valence-corrected chi connectivity index (χ1v) is 6.71. The van der Waals surface area contributed by atoms with Gasteiger partial charge in [0.2, 0.25) is 0 Å². The van der Waals surface area contributed by atoms with Crippen LogP contribution in [-0.4, -0.2) is 30.6 Å². The van der Waals surface area contributed by atoms with Crippen molar-refractivity contribution in [3.63, 3.8) is 0 Å². The van der Waals surface area contributed by atoms with Gasteiger partial charge in [-0.1, -0.05) is 12.1 Å². The van der Waals surface area contributed by atoms with Gasteiger partial charge in [-0.3, -0.25) is 0 Å². The Morgan fingerprint density at radius 3 is 2.68 bits per heavy atom. The molecule has 1 saturated heterocycles. The summed E-state index contributed by atoms with van der Waals surface area (Å²) in [4.78, 5) is 13.7. The molecule has 3 N–H and O–H groups in total. The molecule has 104 valence electrons. The second-order valence-electron chi connectivity index (χ2n) is 4.92. The van der Waals surface area contributed by atoms with Gasteiger partial charge in [0.15, 0.2) is 0 Å². The summed E-state index contributed by atoms with van der Waals surface area (Å²) in [7, 11) is 0. The normalized spacial score (nSPS) is 16.4. The lowest BCUT2D eigenvalue weighted by Gasteiger charge is -2.31. The summed E-state index contributed by atoms with van der Waals surface area (Å²) in [6.07, 6.45) is 2.96. The minimum atomic E-state index is -0.408. The first kappa shape index (κ1) is 13.8. The van der Waals surface area contributed by atoms with Gasteiger partial charge in [-0.2, -0.15) is 0 Å². The number of hydrogen-bond donors (Lipinski definition) is 2. The second-order valence-corrected chi connectivity index (χ2v) is 4.92. The van der Waals surface area contributed by atoms with Crippen molar-refractivity contribution in [3.05, 3.63) is 30.1 Å². The van der Waals surface area contributed by atoms with E-state index in [-0.39, 0.29) is 11.7 Å². The third-order valence-electron chi connectivity index (χ3n) is 3.59. The zero-order chi connectivity index (χ0) is 13.7. The molecule has 0 unspecified atom stereocenters. The topological polar surface area (TPSA) is 58.4 Å². The van der Waals surface area contributed by atoms with Crippen LogP contribution in [0.25, 0.3) is 0 Å². The van der Waals surface area contributed by atoms with Crippen LogP contribution in [0.3, 0.4) is 0 Å². The van der Waals surface area contributed by atoms with Gasteiger partial charge in [0.1, 0.15) is 5.82 Å². The zero-order valence-corrected chi connectivity index (χ0v) is 10.9. The number of urea groups is 1. The van der Waals surface area contributed by atoms with Gasteiger partial charge in [0.05, 0.1) is 5.69 Å². The summed E-state index contributed by atoms with van der Waals surface area (Å²) in [6, 6.07) is 5.98. The number of likely N-dealkylation sites (tertiary alicyclic amines) is 1. The smallest absolute Gasteiger partial charge is 0.321 e. The molecule has 0 spiro atoms. The van der Waals surface area contributed by atoms with E-state index >= 15 is 0 Å². The van der Waals surface area contributed by atoms with Gasteiger partial charge >= 0.3 is 6.03 Å². The minimum Gasteiger partial charge on any atom is -0.330 e. The summed E-state index contributed by atoms with van der Waals surface area (Å²) in [5, 5.41) is 2.61. The number of halogens is 1. The summed E-state index contributed by atoms with van der Waals surface area (Å²) in [6.45, 7) is 2.13. The fourth-order valence-electron chi connectivity index (χ4n) is 2.42. The van der Waals surface area contributed by atoms with Crippen LogP contribution in [0.1, 0.15) is 19.3 Å². The lowest BCUT2D eigenvalue weighted by Crippen LogP contribution is -2.41. The summed E-state index contributed by atoms with van der Waals surface area (Å²) >= 11 is 0. The highest BCUT2D eigenvalue weighted by molar-refractivity contribution is 5.89. The molecule has 1 aromatic rings. The molecule has 1 aliphatic rings. The molecular weight excluding hydrogens is 245 g/mol. The number of amides is 2. The Morgan fingerprint density at radius 1 is 1.37 bits per heavy atom. The predicted molar refractivity (Wildman–Crippen MR) is 73.4 cm³/mol. The fourth-order valence-corrected chi connectivity index (χ4v) is 2.42. The largest absolute Gasteiger partial charge is 0.330 e. The van der Waals surface area contributed by atoms with Crippen molar-refractivity contribution >= 4 is 11.7 Å². The third kappa shape index (κ3) is 3.67. The van der Waals surface area contributed by atoms with E-state index in [0.29, 0.717) is 25.6 Å². The molecule has 0 radical (unpaired) electrons. The number of rotatable bonds is 3. The first-order valence-electron chi connectivity index (χ1n) is 6.71. The van der Waals surface area contributed by atoms with Gasteiger partial charge in [0, 0.05) is 13.1 Å². The number of nitrogens with two attached hydrogens (primary N) is 1. The van der Waals surface area contributed by atoms with Crippen LogP contribution in [-0.2, 0) is 0 Å². The number of benzene rings is 1. The SMILES string of the molecule is NCCC1CCN(C(=O)Nc2ccccc2F)CC1. The van der Waals surface area contributed by atoms with Gasteiger partial charge < -0.3 is 16.0 Å². The van der Waals surface area contributed by atoms with E-state index < -0.39 is 5.82 Å². The van der Waals surface area contributed by atoms with Crippen molar-refractivity contribution in [3.8, 4) is 0 Å². The Balaban J connectivity index is 1.87. The van der Waals surface area contributed by atoms with E-state index in [1.807, 2.05) is 0 Å². The molecule has 1 aromatic carbocycles. The van der Waals surface area contributed by atoms with Crippen molar-refractivity contribution in [1.29, 1.82) is 0 Å². The molecule has 0 saturated carbocycles. The van der Waals surface area contributed by atoms with Crippen LogP contribution >= 0.6 is 0 Å². The van der Waals surface area contributed by atoms with Crippen molar-refractivity contribution in [2.45, 2.75) is 19.3 Å². The monoisotopic (exact) mass is 265 g/mol. The Bertz CT molecular complexity index is 430. The fraction of sp³-hybridized carbons (Fsp3) is 0.500. The summed E-state index contributed by atoms with van der Waals surface area (Å²) in [5.74, 6) is 0.205. The Hall–Kier alpha value is -1.62. The van der Waals surface area contributed by atoms with Crippen molar-refractivity contribution < 1.29 is 9.18 Å². The molecule has 1 aliphatic heterocycles. The molecule has 0 aromatic heterocycles. The number of hydrogen-bond acceptors (Lipinski definition) is 2. The van der Waals surface area contributed by atoms with Gasteiger partial charge in [-0.15, -0.1) is 0 Å². The molecule has 2 amide bonds. The van der Waals surface area contributed by atoms with E-state index in [2.05, 4.69) is 5.32 Å². The highest BCUT2D eigenvalue weighted by Gasteiger charge is 2.22. The number of para-hydroxylation sites is 1. The van der Waals surface area contributed by atoms with Crippen LogP contribution < -0.4 is 11.1 Å². The third-order valence-corrected chi connectivity index (χ3v) is 3.59. The van der Waals surface area contributed by atoms with Crippen LogP contribution in [0.15, 0.2) is 24.3 Å². The molecule has 5 heteroatoms. The Morgan fingerprint density at radius 2 is 2.05 bits per heavy atom. The number of anilines is 1.